The fourth-order valence-electron chi connectivity index (χ4n) is 9.79. The third-order valence-corrected chi connectivity index (χ3v) is 15.7. The third-order valence-electron chi connectivity index (χ3n) is 12.5. The second-order valence-electron chi connectivity index (χ2n) is 17.5. The van der Waals surface area contributed by atoms with E-state index in [0.717, 1.165) is 0 Å². The first-order chi connectivity index (χ1) is 27.5. The zero-order valence-corrected chi connectivity index (χ0v) is 35.9. The van der Waals surface area contributed by atoms with Gasteiger partial charge in [0.05, 0.1) is 0 Å². The van der Waals surface area contributed by atoms with Crippen LogP contribution in [0.15, 0.2) is 140 Å². The maximum Gasteiger partial charge on any atom is 0.134 e. The molecule has 0 radical (unpaired) electrons. The van der Waals surface area contributed by atoms with E-state index in [9.17, 15) is 4.79 Å². The number of carbonyl (C=O) groups excluding carboxylic acids is 1. The highest BCUT2D eigenvalue weighted by Crippen LogP contribution is 2.69. The summed E-state index contributed by atoms with van der Waals surface area (Å²) in [5.74, 6) is 1.72. The Kier molecular flexibility index (Phi) is 11.1. The lowest BCUT2D eigenvalue weighted by Gasteiger charge is -2.42. The Balaban J connectivity index is 1.58. The fraction of sp³-hybridized carbons (Fsp3) is 0.291. The molecule has 2 unspecified atom stereocenters. The molecule has 288 valence electrons. The van der Waals surface area contributed by atoms with Crippen molar-refractivity contribution in [1.29, 1.82) is 0 Å². The fourth-order valence-corrected chi connectivity index (χ4v) is 13.6. The average Bonchev–Trinajstić information content (AvgIpc) is 3.22. The Hall–Kier alpha value is -4.84. The molecule has 1 aliphatic heterocycles. The van der Waals surface area contributed by atoms with Crippen LogP contribution in [-0.4, -0.2) is 5.78 Å². The molecule has 7 aromatic carbocycles. The lowest BCUT2D eigenvalue weighted by Crippen LogP contribution is -2.26. The van der Waals surface area contributed by atoms with Crippen molar-refractivity contribution in [2.24, 2.45) is 0 Å². The molecular formula is C55H57OP. The van der Waals surface area contributed by atoms with Crippen molar-refractivity contribution in [3.8, 4) is 22.3 Å². The highest BCUT2D eigenvalue weighted by atomic mass is 31.1. The number of carbonyl (C=O) groups is 1. The predicted octanol–water partition coefficient (Wildman–Crippen LogP) is 15.8. The quantitative estimate of drug-likeness (QED) is 0.134. The number of hydrogen-bond acceptors (Lipinski definition) is 1. The van der Waals surface area contributed by atoms with E-state index in [4.69, 9.17) is 0 Å². The average molecular weight is 765 g/mol. The summed E-state index contributed by atoms with van der Waals surface area (Å²) in [6.45, 7) is 18.8. The van der Waals surface area contributed by atoms with Gasteiger partial charge in [0.2, 0.25) is 0 Å². The van der Waals surface area contributed by atoms with Crippen molar-refractivity contribution in [3.63, 3.8) is 0 Å². The Morgan fingerprint density at radius 1 is 0.421 bits per heavy atom. The van der Waals surface area contributed by atoms with Gasteiger partial charge >= 0.3 is 0 Å². The summed E-state index contributed by atoms with van der Waals surface area (Å²) in [7, 11) is -1.06. The molecule has 2 atom stereocenters. The lowest BCUT2D eigenvalue weighted by atomic mass is 9.82. The summed E-state index contributed by atoms with van der Waals surface area (Å²) in [4.78, 5) is 14.6. The number of benzene rings is 7. The van der Waals surface area contributed by atoms with E-state index in [0.29, 0.717) is 42.3 Å². The first-order valence-corrected chi connectivity index (χ1v) is 22.7. The zero-order valence-electron chi connectivity index (χ0n) is 35.0. The summed E-state index contributed by atoms with van der Waals surface area (Å²) in [5.41, 5.74) is 13.7. The van der Waals surface area contributed by atoms with E-state index in [2.05, 4.69) is 195 Å². The molecule has 57 heavy (non-hydrogen) atoms. The topological polar surface area (TPSA) is 17.1 Å². The van der Waals surface area contributed by atoms with Crippen LogP contribution in [0.1, 0.15) is 137 Å². The van der Waals surface area contributed by atoms with Crippen molar-refractivity contribution < 1.29 is 4.79 Å². The van der Waals surface area contributed by atoms with Crippen molar-refractivity contribution >= 4 is 40.6 Å². The molecule has 1 aliphatic rings. The number of fused-ring (bicyclic) bond motifs is 2. The largest absolute Gasteiger partial charge is 0.300 e. The van der Waals surface area contributed by atoms with Gasteiger partial charge in [-0.25, -0.2) is 0 Å². The Bertz CT molecular complexity index is 2350. The van der Waals surface area contributed by atoms with Crippen LogP contribution in [0.25, 0.3) is 43.8 Å². The molecule has 0 spiro atoms. The van der Waals surface area contributed by atoms with Crippen LogP contribution in [0, 0.1) is 0 Å². The van der Waals surface area contributed by atoms with Crippen LogP contribution >= 0.6 is 7.92 Å². The summed E-state index contributed by atoms with van der Waals surface area (Å²) >= 11 is 0. The summed E-state index contributed by atoms with van der Waals surface area (Å²) in [5, 5.41) is 6.45. The van der Waals surface area contributed by atoms with Crippen LogP contribution < -0.4 is 5.30 Å². The maximum atomic E-state index is 14.6. The first kappa shape index (κ1) is 39.0. The van der Waals surface area contributed by atoms with Gasteiger partial charge in [-0.3, -0.25) is 4.79 Å². The van der Waals surface area contributed by atoms with Gasteiger partial charge in [0, 0.05) is 24.2 Å². The third kappa shape index (κ3) is 7.19. The summed E-state index contributed by atoms with van der Waals surface area (Å²) < 4.78 is 0. The first-order valence-electron chi connectivity index (χ1n) is 21.2. The molecule has 7 aromatic rings. The smallest absolute Gasteiger partial charge is 0.134 e. The van der Waals surface area contributed by atoms with Crippen LogP contribution in [-0.2, 0) is 4.79 Å². The molecular weight excluding hydrogens is 708 g/mol. The number of ketones is 1. The van der Waals surface area contributed by atoms with E-state index in [-0.39, 0.29) is 11.3 Å². The molecule has 0 N–H and O–H groups in total. The molecule has 2 heteroatoms. The van der Waals surface area contributed by atoms with Gasteiger partial charge in [-0.1, -0.05) is 203 Å². The van der Waals surface area contributed by atoms with Crippen molar-refractivity contribution in [1.82, 2.24) is 0 Å². The number of hydrogen-bond donors (Lipinski definition) is 0. The minimum Gasteiger partial charge on any atom is -0.300 e. The second kappa shape index (κ2) is 16.2. The molecule has 0 saturated carbocycles. The van der Waals surface area contributed by atoms with Crippen LogP contribution in [0.5, 0.6) is 0 Å². The van der Waals surface area contributed by atoms with Gasteiger partial charge < -0.3 is 0 Å². The monoisotopic (exact) mass is 764 g/mol. The standard InChI is InChI=1S/C55H57OP/c1-34(2)41-24-15-25-42(35(3)4)53(41)49-30-17-31-50(54-43(36(5)6)26-16-27-44(54)37(7)8)55(49)57-51(47-28-13-20-38-18-9-11-22-45(38)47)32-40(56)33-52(57)48-29-14-21-39-19-10-12-23-46(39)48/h9-31,34-37,51-52H,32-33H2,1-8H3. The molecule has 1 nitrogen and oxygen atoms in total. The van der Waals surface area contributed by atoms with Gasteiger partial charge in [-0.2, -0.15) is 0 Å². The minimum absolute atomic E-state index is 0.0265. The summed E-state index contributed by atoms with van der Waals surface area (Å²) in [6, 6.07) is 52.5. The normalized spacial score (nSPS) is 17.5. The molecule has 0 aromatic heterocycles. The Labute approximate surface area is 342 Å². The molecule has 8 rings (SSSR count). The maximum absolute atomic E-state index is 14.6. The predicted molar refractivity (Wildman–Crippen MR) is 248 cm³/mol. The van der Waals surface area contributed by atoms with Crippen molar-refractivity contribution in [3.05, 3.63) is 173 Å². The van der Waals surface area contributed by atoms with E-state index >= 15 is 0 Å². The Morgan fingerprint density at radius 3 is 1.14 bits per heavy atom. The van der Waals surface area contributed by atoms with Gasteiger partial charge in [-0.15, -0.1) is 0 Å². The van der Waals surface area contributed by atoms with E-state index in [1.807, 2.05) is 0 Å². The van der Waals surface area contributed by atoms with Crippen LogP contribution in [0.2, 0.25) is 0 Å². The minimum atomic E-state index is -1.06. The van der Waals surface area contributed by atoms with E-state index < -0.39 is 7.92 Å². The SMILES string of the molecule is CC(C)c1cccc(C(C)C)c1-c1cccc(-c2c(C(C)C)cccc2C(C)C)c1P1C(c2cccc3ccccc23)CC(=O)CC1c1cccc2ccccc12. The summed E-state index contributed by atoms with van der Waals surface area (Å²) in [6.07, 6.45) is 1.08. The molecule has 0 aliphatic carbocycles. The second-order valence-corrected chi connectivity index (χ2v) is 20.0. The van der Waals surface area contributed by atoms with Gasteiger partial charge in [0.25, 0.3) is 0 Å². The molecule has 0 bridgehead atoms. The van der Waals surface area contributed by atoms with Crippen molar-refractivity contribution in [2.45, 2.75) is 103 Å². The zero-order chi connectivity index (χ0) is 40.0. The van der Waals surface area contributed by atoms with Crippen LogP contribution in [0.3, 0.4) is 0 Å². The van der Waals surface area contributed by atoms with E-state index in [1.54, 1.807) is 0 Å². The van der Waals surface area contributed by atoms with Gasteiger partial charge in [0.15, 0.2) is 0 Å². The van der Waals surface area contributed by atoms with E-state index in [1.165, 1.54) is 82.5 Å². The van der Waals surface area contributed by atoms with Crippen molar-refractivity contribution in [2.75, 3.05) is 0 Å². The van der Waals surface area contributed by atoms with Gasteiger partial charge in [-0.05, 0) is 106 Å². The highest BCUT2D eigenvalue weighted by molar-refractivity contribution is 7.67. The molecule has 0 amide bonds. The molecule has 1 heterocycles. The van der Waals surface area contributed by atoms with Gasteiger partial charge in [0.1, 0.15) is 5.78 Å². The number of Topliss-reactive ketones (excluding diaryl/α,β-unsaturated/α-hetero) is 1. The lowest BCUT2D eigenvalue weighted by molar-refractivity contribution is -0.119. The molecule has 1 fully saturated rings. The Morgan fingerprint density at radius 2 is 0.754 bits per heavy atom. The molecule has 1 saturated heterocycles. The van der Waals surface area contributed by atoms with Crippen LogP contribution in [0.4, 0.5) is 0 Å². The number of rotatable bonds is 9. The highest BCUT2D eigenvalue weighted by Gasteiger charge is 2.43.